The lowest BCUT2D eigenvalue weighted by molar-refractivity contribution is -0.127. The zero-order chi connectivity index (χ0) is 19.9. The molecule has 152 valence electrons. The number of methoxy groups -OCH3 is 2. The molecule has 0 radical (unpaired) electrons. The Hall–Kier alpha value is -2.33. The molecular formula is C18H25N5O4S. The summed E-state index contributed by atoms with van der Waals surface area (Å²) in [5, 5.41) is 12.4. The summed E-state index contributed by atoms with van der Waals surface area (Å²) >= 11 is 1.33. The van der Waals surface area contributed by atoms with Gasteiger partial charge in [-0.2, -0.15) is 0 Å². The highest BCUT2D eigenvalue weighted by Gasteiger charge is 2.20. The van der Waals surface area contributed by atoms with Gasteiger partial charge in [0.15, 0.2) is 11.5 Å². The van der Waals surface area contributed by atoms with Crippen molar-refractivity contribution >= 4 is 17.7 Å². The minimum atomic E-state index is -0.0264. The van der Waals surface area contributed by atoms with Crippen molar-refractivity contribution in [3.63, 3.8) is 0 Å². The predicted octanol–water partition coefficient (Wildman–Crippen LogP) is 1.62. The first-order chi connectivity index (χ1) is 13.6. The number of para-hydroxylation sites is 1. The smallest absolute Gasteiger partial charge is 0.233 e. The lowest BCUT2D eigenvalue weighted by Crippen LogP contribution is -2.28. The van der Waals surface area contributed by atoms with E-state index in [-0.39, 0.29) is 17.8 Å². The molecule has 1 aliphatic heterocycles. The molecule has 1 aromatic carbocycles. The predicted molar refractivity (Wildman–Crippen MR) is 104 cm³/mol. The number of nitrogens with zero attached hydrogens (tertiary/aromatic N) is 5. The second-order valence-corrected chi connectivity index (χ2v) is 7.41. The first kappa shape index (κ1) is 20.4. The summed E-state index contributed by atoms with van der Waals surface area (Å²) in [5.41, 5.74) is 0.880. The Kier molecular flexibility index (Phi) is 7.10. The van der Waals surface area contributed by atoms with Gasteiger partial charge in [-0.15, -0.1) is 5.10 Å². The van der Waals surface area contributed by atoms with Crippen LogP contribution in [0.5, 0.6) is 11.5 Å². The van der Waals surface area contributed by atoms with Crippen molar-refractivity contribution in [3.8, 4) is 11.5 Å². The number of tetrazole rings is 1. The Morgan fingerprint density at radius 3 is 2.96 bits per heavy atom. The maximum Gasteiger partial charge on any atom is 0.233 e. The Balaban J connectivity index is 1.56. The van der Waals surface area contributed by atoms with E-state index in [9.17, 15) is 4.79 Å². The van der Waals surface area contributed by atoms with Crippen molar-refractivity contribution in [2.75, 3.05) is 33.6 Å². The van der Waals surface area contributed by atoms with Gasteiger partial charge in [0.1, 0.15) is 0 Å². The average Bonchev–Trinajstić information content (AvgIpc) is 3.38. The lowest BCUT2D eigenvalue weighted by Gasteiger charge is -2.19. The van der Waals surface area contributed by atoms with E-state index < -0.39 is 0 Å². The van der Waals surface area contributed by atoms with Crippen LogP contribution in [0, 0.1) is 0 Å². The highest BCUT2D eigenvalue weighted by atomic mass is 32.2. The molecule has 0 aliphatic carbocycles. The van der Waals surface area contributed by atoms with Gasteiger partial charge in [-0.25, -0.2) is 4.68 Å². The normalized spacial score (nSPS) is 16.2. The molecule has 1 fully saturated rings. The van der Waals surface area contributed by atoms with Gasteiger partial charge in [0.2, 0.25) is 11.1 Å². The molecule has 1 amide bonds. The van der Waals surface area contributed by atoms with Crippen molar-refractivity contribution in [1.82, 2.24) is 25.1 Å². The van der Waals surface area contributed by atoms with Crippen LogP contribution in [0.2, 0.25) is 0 Å². The number of thioether (sulfide) groups is 1. The number of amides is 1. The third-order valence-electron chi connectivity index (χ3n) is 4.54. The molecule has 1 unspecified atom stereocenters. The number of hydrogen-bond acceptors (Lipinski definition) is 8. The van der Waals surface area contributed by atoms with Crippen LogP contribution in [-0.4, -0.2) is 70.7 Å². The third-order valence-corrected chi connectivity index (χ3v) is 5.48. The van der Waals surface area contributed by atoms with Gasteiger partial charge in [0, 0.05) is 25.8 Å². The summed E-state index contributed by atoms with van der Waals surface area (Å²) in [5.74, 6) is 1.50. The van der Waals surface area contributed by atoms with Crippen LogP contribution in [-0.2, 0) is 22.6 Å². The molecule has 28 heavy (non-hydrogen) atoms. The second-order valence-electron chi connectivity index (χ2n) is 6.47. The molecule has 0 saturated carbocycles. The van der Waals surface area contributed by atoms with Crippen molar-refractivity contribution in [2.24, 2.45) is 0 Å². The standard InChI is InChI=1S/C18H25N5O4S/c1-22(10-13-6-4-8-15(25-2)17(13)26-3)16(24)12-28-18-19-20-21-23(18)11-14-7-5-9-27-14/h4,6,8,14H,5,7,9-12H2,1-3H3. The van der Waals surface area contributed by atoms with Crippen molar-refractivity contribution in [1.29, 1.82) is 0 Å². The van der Waals surface area contributed by atoms with Crippen LogP contribution < -0.4 is 9.47 Å². The summed E-state index contributed by atoms with van der Waals surface area (Å²) in [7, 11) is 4.94. The summed E-state index contributed by atoms with van der Waals surface area (Å²) in [6.07, 6.45) is 2.21. The number of hydrogen-bond donors (Lipinski definition) is 0. The van der Waals surface area contributed by atoms with Crippen molar-refractivity contribution in [2.45, 2.75) is 37.2 Å². The SMILES string of the molecule is COc1cccc(CN(C)C(=O)CSc2nnnn2CC2CCCO2)c1OC. The van der Waals surface area contributed by atoms with Crippen LogP contribution >= 0.6 is 11.8 Å². The molecule has 10 heteroatoms. The van der Waals surface area contributed by atoms with Crippen LogP contribution in [0.25, 0.3) is 0 Å². The third kappa shape index (κ3) is 4.93. The maximum atomic E-state index is 12.6. The van der Waals surface area contributed by atoms with Gasteiger partial charge in [0.25, 0.3) is 0 Å². The zero-order valence-corrected chi connectivity index (χ0v) is 17.1. The van der Waals surface area contributed by atoms with E-state index in [1.54, 1.807) is 30.8 Å². The zero-order valence-electron chi connectivity index (χ0n) is 16.3. The molecule has 2 aromatic rings. The highest BCUT2D eigenvalue weighted by molar-refractivity contribution is 7.99. The minimum absolute atomic E-state index is 0.0264. The number of benzene rings is 1. The van der Waals surface area contributed by atoms with Gasteiger partial charge >= 0.3 is 0 Å². The monoisotopic (exact) mass is 407 g/mol. The summed E-state index contributed by atoms with van der Waals surface area (Å²) < 4.78 is 18.1. The fourth-order valence-electron chi connectivity index (χ4n) is 3.05. The molecule has 1 aromatic heterocycles. The molecular weight excluding hydrogens is 382 g/mol. The first-order valence-corrected chi connectivity index (χ1v) is 10.0. The molecule has 0 N–H and O–H groups in total. The van der Waals surface area contributed by atoms with Crippen LogP contribution in [0.4, 0.5) is 0 Å². The maximum absolute atomic E-state index is 12.6. The number of rotatable bonds is 9. The Bertz CT molecular complexity index is 794. The Morgan fingerprint density at radius 2 is 2.25 bits per heavy atom. The molecule has 0 spiro atoms. The van der Waals surface area contributed by atoms with E-state index in [1.807, 2.05) is 18.2 Å². The van der Waals surface area contributed by atoms with Gasteiger partial charge in [-0.3, -0.25) is 4.79 Å². The number of carbonyl (C=O) groups excluding carboxylic acids is 1. The van der Waals surface area contributed by atoms with E-state index in [0.717, 1.165) is 25.0 Å². The number of aromatic nitrogens is 4. The molecule has 2 heterocycles. The summed E-state index contributed by atoms with van der Waals surface area (Å²) in [6.45, 7) is 1.81. The number of ether oxygens (including phenoxy) is 3. The Labute approximate surface area is 168 Å². The van der Waals surface area contributed by atoms with E-state index in [4.69, 9.17) is 14.2 Å². The minimum Gasteiger partial charge on any atom is -0.493 e. The average molecular weight is 407 g/mol. The lowest BCUT2D eigenvalue weighted by atomic mass is 10.1. The van der Waals surface area contributed by atoms with E-state index >= 15 is 0 Å². The van der Waals surface area contributed by atoms with Crippen molar-refractivity contribution in [3.05, 3.63) is 23.8 Å². The molecule has 1 saturated heterocycles. The molecule has 1 aliphatic rings. The first-order valence-electron chi connectivity index (χ1n) is 9.06. The van der Waals surface area contributed by atoms with Gasteiger partial charge < -0.3 is 19.1 Å². The quantitative estimate of drug-likeness (QED) is 0.579. The molecule has 1 atom stereocenters. The van der Waals surface area contributed by atoms with E-state index in [1.165, 1.54) is 11.8 Å². The summed E-state index contributed by atoms with van der Waals surface area (Å²) in [4.78, 5) is 14.2. The van der Waals surface area contributed by atoms with Gasteiger partial charge in [-0.05, 0) is 29.3 Å². The van der Waals surface area contributed by atoms with Crippen molar-refractivity contribution < 1.29 is 19.0 Å². The van der Waals surface area contributed by atoms with E-state index in [2.05, 4.69) is 15.5 Å². The fraction of sp³-hybridized carbons (Fsp3) is 0.556. The largest absolute Gasteiger partial charge is 0.493 e. The highest BCUT2D eigenvalue weighted by Crippen LogP contribution is 2.31. The van der Waals surface area contributed by atoms with Crippen LogP contribution in [0.15, 0.2) is 23.4 Å². The van der Waals surface area contributed by atoms with Gasteiger partial charge in [0.05, 0.1) is 32.6 Å². The molecule has 9 nitrogen and oxygen atoms in total. The van der Waals surface area contributed by atoms with E-state index in [0.29, 0.717) is 29.7 Å². The van der Waals surface area contributed by atoms with Crippen LogP contribution in [0.1, 0.15) is 18.4 Å². The molecule has 3 rings (SSSR count). The number of carbonyl (C=O) groups is 1. The van der Waals surface area contributed by atoms with Gasteiger partial charge in [-0.1, -0.05) is 23.9 Å². The topological polar surface area (TPSA) is 91.6 Å². The summed E-state index contributed by atoms with van der Waals surface area (Å²) in [6, 6.07) is 5.62. The molecule has 0 bridgehead atoms. The fourth-order valence-corrected chi connectivity index (χ4v) is 3.88. The second kappa shape index (κ2) is 9.74. The van der Waals surface area contributed by atoms with Crippen LogP contribution in [0.3, 0.4) is 0 Å². The Morgan fingerprint density at radius 1 is 1.39 bits per heavy atom.